The molecule has 0 unspecified atom stereocenters. The Balaban J connectivity index is 0.00000361. The second-order valence-electron chi connectivity index (χ2n) is 3.69. The number of halogens is 8. The number of rotatable bonds is 3. The molecule has 0 heterocycles. The minimum absolute atomic E-state index is 0. The molecule has 0 aliphatic heterocycles. The fraction of sp³-hybridized carbons (Fsp3) is 0.400. The molecular formula is C10H9BrClF6NO. The average molecular weight is 389 g/mol. The van der Waals surface area contributed by atoms with Crippen molar-refractivity contribution in [3.05, 3.63) is 28.2 Å². The van der Waals surface area contributed by atoms with Crippen LogP contribution in [-0.2, 0) is 0 Å². The molecule has 0 radical (unpaired) electrons. The summed E-state index contributed by atoms with van der Waals surface area (Å²) in [5, 5.41) is 0. The lowest BCUT2D eigenvalue weighted by atomic mass is 10.0. The smallest absolute Gasteiger partial charge is 0.406 e. The van der Waals surface area contributed by atoms with Crippen LogP contribution in [0.25, 0.3) is 0 Å². The summed E-state index contributed by atoms with van der Waals surface area (Å²) in [6, 6.07) is 1.55. The maximum Gasteiger partial charge on any atom is 0.573 e. The molecule has 0 saturated carbocycles. The van der Waals surface area contributed by atoms with Crippen molar-refractivity contribution in [1.82, 2.24) is 0 Å². The topological polar surface area (TPSA) is 35.2 Å². The SMILES string of the molecule is Cl.N[C@@H](CC(F)(F)F)c1cc(Br)cc(OC(F)(F)F)c1. The standard InChI is InChI=1S/C10H8BrF6NO.ClH/c11-6-1-5(8(18)4-9(12,13)14)2-7(3-6)19-10(15,16)17;/h1-3,8H,4,18H2;1H/t8-;/m0./s1. The second kappa shape index (κ2) is 6.86. The fourth-order valence-corrected chi connectivity index (χ4v) is 1.85. The first kappa shape index (κ1) is 19.3. The molecule has 1 aromatic carbocycles. The molecule has 0 aromatic heterocycles. The second-order valence-corrected chi connectivity index (χ2v) is 4.61. The van der Waals surface area contributed by atoms with Crippen molar-refractivity contribution in [2.24, 2.45) is 5.73 Å². The van der Waals surface area contributed by atoms with Gasteiger partial charge in [-0.15, -0.1) is 25.6 Å². The van der Waals surface area contributed by atoms with E-state index < -0.39 is 30.8 Å². The first-order valence-electron chi connectivity index (χ1n) is 4.85. The molecule has 0 amide bonds. The molecule has 0 bridgehead atoms. The molecule has 0 spiro atoms. The van der Waals surface area contributed by atoms with Crippen LogP contribution < -0.4 is 10.5 Å². The Morgan fingerprint density at radius 1 is 1.10 bits per heavy atom. The van der Waals surface area contributed by atoms with Crippen LogP contribution in [0, 0.1) is 0 Å². The van der Waals surface area contributed by atoms with Gasteiger partial charge in [0, 0.05) is 10.5 Å². The van der Waals surface area contributed by atoms with E-state index in [1.165, 1.54) is 6.07 Å². The minimum Gasteiger partial charge on any atom is -0.406 e. The van der Waals surface area contributed by atoms with E-state index in [1.54, 1.807) is 0 Å². The predicted octanol–water partition coefficient (Wildman–Crippen LogP) is 4.72. The zero-order valence-corrected chi connectivity index (χ0v) is 12.0. The minimum atomic E-state index is -4.92. The highest BCUT2D eigenvalue weighted by atomic mass is 79.9. The molecule has 1 aromatic rings. The van der Waals surface area contributed by atoms with Crippen molar-refractivity contribution in [2.75, 3.05) is 0 Å². The van der Waals surface area contributed by atoms with Crippen LogP contribution >= 0.6 is 28.3 Å². The summed E-state index contributed by atoms with van der Waals surface area (Å²) in [6.07, 6.45) is -10.8. The first-order chi connectivity index (χ1) is 8.46. The monoisotopic (exact) mass is 387 g/mol. The van der Waals surface area contributed by atoms with E-state index in [9.17, 15) is 26.3 Å². The molecule has 1 rings (SSSR count). The van der Waals surface area contributed by atoms with Gasteiger partial charge in [0.2, 0.25) is 0 Å². The number of hydrogen-bond acceptors (Lipinski definition) is 2. The van der Waals surface area contributed by atoms with E-state index >= 15 is 0 Å². The van der Waals surface area contributed by atoms with Gasteiger partial charge in [-0.1, -0.05) is 15.9 Å². The van der Waals surface area contributed by atoms with Crippen LogP contribution in [0.1, 0.15) is 18.0 Å². The molecule has 0 saturated heterocycles. The molecule has 2 nitrogen and oxygen atoms in total. The van der Waals surface area contributed by atoms with E-state index in [0.29, 0.717) is 0 Å². The Hall–Kier alpha value is -0.670. The number of alkyl halides is 6. The van der Waals surface area contributed by atoms with Crippen molar-refractivity contribution < 1.29 is 31.1 Å². The summed E-state index contributed by atoms with van der Waals surface area (Å²) < 4.78 is 76.3. The van der Waals surface area contributed by atoms with Crippen LogP contribution in [-0.4, -0.2) is 12.5 Å². The van der Waals surface area contributed by atoms with Crippen molar-refractivity contribution in [3.63, 3.8) is 0 Å². The molecule has 0 aliphatic rings. The third kappa shape index (κ3) is 7.20. The van der Waals surface area contributed by atoms with Crippen molar-refractivity contribution in [3.8, 4) is 5.75 Å². The summed E-state index contributed by atoms with van der Waals surface area (Å²) >= 11 is 2.88. The summed E-state index contributed by atoms with van der Waals surface area (Å²) in [7, 11) is 0. The third-order valence-electron chi connectivity index (χ3n) is 2.01. The van der Waals surface area contributed by atoms with E-state index in [2.05, 4.69) is 20.7 Å². The van der Waals surface area contributed by atoms with E-state index in [1.807, 2.05) is 0 Å². The maximum atomic E-state index is 12.2. The molecule has 0 aliphatic carbocycles. The van der Waals surface area contributed by atoms with Crippen molar-refractivity contribution >= 4 is 28.3 Å². The van der Waals surface area contributed by atoms with Gasteiger partial charge < -0.3 is 10.5 Å². The lowest BCUT2D eigenvalue weighted by Gasteiger charge is -2.16. The fourth-order valence-electron chi connectivity index (χ4n) is 1.36. The van der Waals surface area contributed by atoms with Gasteiger partial charge in [-0.05, 0) is 23.8 Å². The third-order valence-corrected chi connectivity index (χ3v) is 2.46. The molecular weight excluding hydrogens is 379 g/mol. The van der Waals surface area contributed by atoms with Gasteiger partial charge in [-0.2, -0.15) is 13.2 Å². The lowest BCUT2D eigenvalue weighted by molar-refractivity contribution is -0.274. The van der Waals surface area contributed by atoms with Gasteiger partial charge in [0.15, 0.2) is 0 Å². The van der Waals surface area contributed by atoms with Crippen LogP contribution in [0.15, 0.2) is 22.7 Å². The number of nitrogens with two attached hydrogens (primary N) is 1. The Morgan fingerprint density at radius 2 is 1.65 bits per heavy atom. The molecule has 1 atom stereocenters. The molecule has 20 heavy (non-hydrogen) atoms. The van der Waals surface area contributed by atoms with Crippen LogP contribution in [0.5, 0.6) is 5.75 Å². The zero-order chi connectivity index (χ0) is 14.8. The summed E-state index contributed by atoms with van der Waals surface area (Å²) in [6.45, 7) is 0. The molecule has 2 N–H and O–H groups in total. The van der Waals surface area contributed by atoms with Gasteiger partial charge >= 0.3 is 12.5 Å². The van der Waals surface area contributed by atoms with Gasteiger partial charge in [-0.3, -0.25) is 0 Å². The molecule has 116 valence electrons. The summed E-state index contributed by atoms with van der Waals surface area (Å²) in [5.41, 5.74) is 5.20. The highest BCUT2D eigenvalue weighted by molar-refractivity contribution is 9.10. The van der Waals surface area contributed by atoms with Crippen LogP contribution in [0.3, 0.4) is 0 Å². The molecule has 10 heteroatoms. The summed E-state index contributed by atoms with van der Waals surface area (Å²) in [5.74, 6) is -0.630. The van der Waals surface area contributed by atoms with Crippen LogP contribution in [0.4, 0.5) is 26.3 Å². The quantitative estimate of drug-likeness (QED) is 0.761. The Morgan fingerprint density at radius 3 is 2.10 bits per heavy atom. The predicted molar refractivity (Wildman–Crippen MR) is 65.7 cm³/mol. The highest BCUT2D eigenvalue weighted by Gasteiger charge is 2.33. The molecule has 0 fully saturated rings. The largest absolute Gasteiger partial charge is 0.573 e. The summed E-state index contributed by atoms with van der Waals surface area (Å²) in [4.78, 5) is 0. The zero-order valence-electron chi connectivity index (χ0n) is 9.56. The number of hydrogen-bond donors (Lipinski definition) is 1. The van der Waals surface area contributed by atoms with Gasteiger partial charge in [-0.25, -0.2) is 0 Å². The van der Waals surface area contributed by atoms with Gasteiger partial charge in [0.25, 0.3) is 0 Å². The first-order valence-corrected chi connectivity index (χ1v) is 5.64. The maximum absolute atomic E-state index is 12.2. The highest BCUT2D eigenvalue weighted by Crippen LogP contribution is 2.33. The van der Waals surface area contributed by atoms with Gasteiger partial charge in [0.05, 0.1) is 6.42 Å². The number of ether oxygens (including phenoxy) is 1. The van der Waals surface area contributed by atoms with E-state index in [0.717, 1.165) is 12.1 Å². The number of benzene rings is 1. The Labute approximate surface area is 124 Å². The van der Waals surface area contributed by atoms with Crippen molar-refractivity contribution in [1.29, 1.82) is 0 Å². The lowest BCUT2D eigenvalue weighted by Crippen LogP contribution is -2.21. The van der Waals surface area contributed by atoms with Crippen molar-refractivity contribution in [2.45, 2.75) is 25.0 Å². The van der Waals surface area contributed by atoms with E-state index in [4.69, 9.17) is 5.73 Å². The van der Waals surface area contributed by atoms with E-state index in [-0.39, 0.29) is 22.4 Å². The average Bonchev–Trinajstić information content (AvgIpc) is 2.10. The van der Waals surface area contributed by atoms with Crippen LogP contribution in [0.2, 0.25) is 0 Å². The normalized spacial score (nSPS) is 13.6. The Kier molecular flexibility index (Phi) is 6.63. The Bertz CT molecular complexity index is 450. The van der Waals surface area contributed by atoms with Gasteiger partial charge in [0.1, 0.15) is 5.75 Å².